The zero-order valence-electron chi connectivity index (χ0n) is 14.1. The lowest BCUT2D eigenvalue weighted by Crippen LogP contribution is -2.47. The maximum absolute atomic E-state index is 12.5. The van der Waals surface area contributed by atoms with Crippen LogP contribution in [0.5, 0.6) is 0 Å². The summed E-state index contributed by atoms with van der Waals surface area (Å²) in [6.07, 6.45) is 2.05. The van der Waals surface area contributed by atoms with Crippen LogP contribution >= 0.6 is 0 Å². The Morgan fingerprint density at radius 3 is 2.38 bits per heavy atom. The van der Waals surface area contributed by atoms with Gasteiger partial charge in [0.2, 0.25) is 11.8 Å². The van der Waals surface area contributed by atoms with Gasteiger partial charge in [-0.25, -0.2) is 4.79 Å². The molecule has 0 spiro atoms. The van der Waals surface area contributed by atoms with Crippen molar-refractivity contribution in [2.24, 2.45) is 0 Å². The van der Waals surface area contributed by atoms with Gasteiger partial charge in [-0.2, -0.15) is 0 Å². The number of rotatable bonds is 5. The molecule has 0 saturated carbocycles. The van der Waals surface area contributed by atoms with Gasteiger partial charge in [0.15, 0.2) is 0 Å². The Morgan fingerprint density at radius 1 is 1.17 bits per heavy atom. The summed E-state index contributed by atoms with van der Waals surface area (Å²) in [6.45, 7) is 1.67. The summed E-state index contributed by atoms with van der Waals surface area (Å²) in [5, 5.41) is 4.66. The standard InChI is InChI=1S/C17H24N4O3/c1-18-17(24)19-16(23)15(13-8-4-3-5-9-13)20(2)12-14(22)21-10-6-7-11-21/h3-5,8-9,15H,6-7,10-12H2,1-2H3,(H2,18,19,23,24). The Balaban J connectivity index is 2.13. The van der Waals surface area contributed by atoms with E-state index in [-0.39, 0.29) is 12.5 Å². The number of hydrogen-bond acceptors (Lipinski definition) is 4. The van der Waals surface area contributed by atoms with E-state index >= 15 is 0 Å². The molecule has 1 heterocycles. The van der Waals surface area contributed by atoms with E-state index < -0.39 is 18.0 Å². The van der Waals surface area contributed by atoms with Crippen LogP contribution in [0.1, 0.15) is 24.4 Å². The SMILES string of the molecule is CNC(=O)NC(=O)C(c1ccccc1)N(C)CC(=O)N1CCCC1. The van der Waals surface area contributed by atoms with Gasteiger partial charge in [0.05, 0.1) is 6.54 Å². The molecule has 1 aromatic rings. The van der Waals surface area contributed by atoms with Crippen LogP contribution in [0.15, 0.2) is 30.3 Å². The number of likely N-dealkylation sites (N-methyl/N-ethyl adjacent to an activating group) is 1. The molecular weight excluding hydrogens is 308 g/mol. The van der Waals surface area contributed by atoms with Crippen molar-refractivity contribution in [2.45, 2.75) is 18.9 Å². The number of hydrogen-bond donors (Lipinski definition) is 2. The van der Waals surface area contributed by atoms with E-state index in [1.807, 2.05) is 35.2 Å². The third kappa shape index (κ3) is 4.55. The van der Waals surface area contributed by atoms with E-state index in [0.717, 1.165) is 31.5 Å². The van der Waals surface area contributed by atoms with Crippen molar-refractivity contribution >= 4 is 17.8 Å². The van der Waals surface area contributed by atoms with Crippen molar-refractivity contribution < 1.29 is 14.4 Å². The second-order valence-corrected chi connectivity index (χ2v) is 5.88. The number of likely N-dealkylation sites (tertiary alicyclic amines) is 1. The van der Waals surface area contributed by atoms with E-state index in [0.29, 0.717) is 0 Å². The number of nitrogens with one attached hydrogen (secondary N) is 2. The summed E-state index contributed by atoms with van der Waals surface area (Å²) >= 11 is 0. The third-order valence-electron chi connectivity index (χ3n) is 4.11. The van der Waals surface area contributed by atoms with Crippen molar-refractivity contribution in [3.63, 3.8) is 0 Å². The zero-order chi connectivity index (χ0) is 17.5. The lowest BCUT2D eigenvalue weighted by atomic mass is 10.0. The van der Waals surface area contributed by atoms with Gasteiger partial charge < -0.3 is 10.2 Å². The largest absolute Gasteiger partial charge is 0.342 e. The second-order valence-electron chi connectivity index (χ2n) is 5.88. The van der Waals surface area contributed by atoms with Crippen molar-refractivity contribution in [3.05, 3.63) is 35.9 Å². The summed E-state index contributed by atoms with van der Waals surface area (Å²) in [5.74, 6) is -0.457. The van der Waals surface area contributed by atoms with Gasteiger partial charge in [-0.1, -0.05) is 30.3 Å². The van der Waals surface area contributed by atoms with Crippen LogP contribution < -0.4 is 10.6 Å². The Labute approximate surface area is 142 Å². The molecule has 0 aromatic heterocycles. The summed E-state index contributed by atoms with van der Waals surface area (Å²) in [5.41, 5.74) is 0.732. The highest BCUT2D eigenvalue weighted by molar-refractivity contribution is 5.97. The first-order chi connectivity index (χ1) is 11.5. The van der Waals surface area contributed by atoms with Gasteiger partial charge in [0.25, 0.3) is 0 Å². The second kappa shape index (κ2) is 8.44. The molecule has 0 bridgehead atoms. The number of nitrogens with zero attached hydrogens (tertiary/aromatic N) is 2. The summed E-state index contributed by atoms with van der Waals surface area (Å²) in [4.78, 5) is 39.8. The van der Waals surface area contributed by atoms with Gasteiger partial charge in [0.1, 0.15) is 6.04 Å². The molecule has 7 heteroatoms. The molecule has 1 aliphatic heterocycles. The Bertz CT molecular complexity index is 585. The zero-order valence-corrected chi connectivity index (χ0v) is 14.1. The predicted octanol–water partition coefficient (Wildman–Crippen LogP) is 0.738. The molecule has 0 aliphatic carbocycles. The smallest absolute Gasteiger partial charge is 0.321 e. The molecule has 1 fully saturated rings. The lowest BCUT2D eigenvalue weighted by Gasteiger charge is -2.28. The number of carbonyl (C=O) groups excluding carboxylic acids is 3. The van der Waals surface area contributed by atoms with Crippen LogP contribution in [0, 0.1) is 0 Å². The number of benzene rings is 1. The van der Waals surface area contributed by atoms with Crippen molar-refractivity contribution in [2.75, 3.05) is 33.7 Å². The van der Waals surface area contributed by atoms with Crippen LogP contribution in [0.25, 0.3) is 0 Å². The quantitative estimate of drug-likeness (QED) is 0.833. The maximum Gasteiger partial charge on any atom is 0.321 e. The number of carbonyl (C=O) groups is 3. The first kappa shape index (κ1) is 17.9. The van der Waals surface area contributed by atoms with Crippen LogP contribution in [0.2, 0.25) is 0 Å². The van der Waals surface area contributed by atoms with Gasteiger partial charge in [-0.15, -0.1) is 0 Å². The van der Waals surface area contributed by atoms with Gasteiger partial charge in [-0.3, -0.25) is 19.8 Å². The number of imide groups is 1. The molecule has 0 radical (unpaired) electrons. The van der Waals surface area contributed by atoms with E-state index in [1.165, 1.54) is 7.05 Å². The van der Waals surface area contributed by atoms with E-state index in [9.17, 15) is 14.4 Å². The minimum atomic E-state index is -0.713. The first-order valence-electron chi connectivity index (χ1n) is 8.08. The third-order valence-corrected chi connectivity index (χ3v) is 4.11. The van der Waals surface area contributed by atoms with Crippen molar-refractivity contribution in [1.29, 1.82) is 0 Å². The average molecular weight is 332 g/mol. The van der Waals surface area contributed by atoms with Crippen LogP contribution in [0.3, 0.4) is 0 Å². The lowest BCUT2D eigenvalue weighted by molar-refractivity contribution is -0.133. The van der Waals surface area contributed by atoms with Gasteiger partial charge >= 0.3 is 6.03 Å². The highest BCUT2D eigenvalue weighted by atomic mass is 16.2. The van der Waals surface area contributed by atoms with Crippen LogP contribution in [0.4, 0.5) is 4.79 Å². The molecule has 2 N–H and O–H groups in total. The molecule has 4 amide bonds. The highest BCUT2D eigenvalue weighted by Gasteiger charge is 2.29. The average Bonchev–Trinajstić information content (AvgIpc) is 3.10. The van der Waals surface area contributed by atoms with Gasteiger partial charge in [0, 0.05) is 20.1 Å². The van der Waals surface area contributed by atoms with Crippen molar-refractivity contribution in [3.8, 4) is 0 Å². The monoisotopic (exact) mass is 332 g/mol. The molecule has 7 nitrogen and oxygen atoms in total. The summed E-state index contributed by atoms with van der Waals surface area (Å²) < 4.78 is 0. The van der Waals surface area contributed by atoms with Crippen LogP contribution in [-0.4, -0.2) is 61.4 Å². The molecule has 1 aliphatic rings. The number of urea groups is 1. The summed E-state index contributed by atoms with van der Waals surface area (Å²) in [7, 11) is 3.16. The summed E-state index contributed by atoms with van der Waals surface area (Å²) in [6, 6.07) is 7.84. The predicted molar refractivity (Wildman–Crippen MR) is 90.2 cm³/mol. The molecule has 2 rings (SSSR count). The van der Waals surface area contributed by atoms with E-state index in [2.05, 4.69) is 10.6 Å². The highest BCUT2D eigenvalue weighted by Crippen LogP contribution is 2.20. The fourth-order valence-corrected chi connectivity index (χ4v) is 2.86. The molecule has 130 valence electrons. The van der Waals surface area contributed by atoms with Crippen LogP contribution in [-0.2, 0) is 9.59 Å². The Kier molecular flexibility index (Phi) is 6.31. The molecule has 1 aromatic carbocycles. The number of amides is 4. The normalized spacial score (nSPS) is 15.2. The first-order valence-corrected chi connectivity index (χ1v) is 8.08. The minimum absolute atomic E-state index is 0.00340. The molecular formula is C17H24N4O3. The van der Waals surface area contributed by atoms with E-state index in [4.69, 9.17) is 0 Å². The van der Waals surface area contributed by atoms with E-state index in [1.54, 1.807) is 11.9 Å². The van der Waals surface area contributed by atoms with Gasteiger partial charge in [-0.05, 0) is 25.5 Å². The Morgan fingerprint density at radius 2 is 1.79 bits per heavy atom. The molecule has 1 saturated heterocycles. The Hall–Kier alpha value is -2.41. The fourth-order valence-electron chi connectivity index (χ4n) is 2.86. The minimum Gasteiger partial charge on any atom is -0.342 e. The maximum atomic E-state index is 12.5. The topological polar surface area (TPSA) is 81.8 Å². The molecule has 24 heavy (non-hydrogen) atoms. The molecule has 1 unspecified atom stereocenters. The fraction of sp³-hybridized carbons (Fsp3) is 0.471. The van der Waals surface area contributed by atoms with Crippen molar-refractivity contribution in [1.82, 2.24) is 20.4 Å². The molecule has 1 atom stereocenters.